The molecule has 0 fully saturated rings. The molecule has 0 rings (SSSR count). The minimum absolute atomic E-state index is 0.111. The maximum Gasteiger partial charge on any atom is 0.404 e. The molecule has 0 aromatic carbocycles. The van der Waals surface area contributed by atoms with E-state index in [0.29, 0.717) is 19.3 Å². The molecular formula is C12H24N2O4. The van der Waals surface area contributed by atoms with Crippen molar-refractivity contribution in [3.63, 3.8) is 0 Å². The van der Waals surface area contributed by atoms with E-state index in [1.54, 1.807) is 7.05 Å². The van der Waals surface area contributed by atoms with Gasteiger partial charge in [0, 0.05) is 19.5 Å². The summed E-state index contributed by atoms with van der Waals surface area (Å²) in [5.74, 6) is -0.111. The van der Waals surface area contributed by atoms with Crippen LogP contribution in [0, 0.1) is 5.41 Å². The smallest absolute Gasteiger partial charge is 0.404 e. The number of nitrogens with zero attached hydrogens (tertiary/aromatic N) is 1. The van der Waals surface area contributed by atoms with Crippen molar-refractivity contribution in [3.8, 4) is 0 Å². The molecule has 0 bridgehead atoms. The Morgan fingerprint density at radius 2 is 1.94 bits per heavy atom. The van der Waals surface area contributed by atoms with Crippen molar-refractivity contribution in [2.75, 3.05) is 14.2 Å². The summed E-state index contributed by atoms with van der Waals surface area (Å²) >= 11 is 0. The van der Waals surface area contributed by atoms with Gasteiger partial charge in [-0.1, -0.05) is 20.8 Å². The highest BCUT2D eigenvalue weighted by atomic mass is 16.7. The molecule has 18 heavy (non-hydrogen) atoms. The van der Waals surface area contributed by atoms with Gasteiger partial charge in [-0.15, -0.1) is 0 Å². The molecule has 106 valence electrons. The van der Waals surface area contributed by atoms with Gasteiger partial charge in [0.15, 0.2) is 0 Å². The van der Waals surface area contributed by atoms with E-state index in [2.05, 4.69) is 5.32 Å². The second kappa shape index (κ2) is 7.20. The molecule has 0 aliphatic heterocycles. The van der Waals surface area contributed by atoms with E-state index < -0.39 is 6.09 Å². The topological polar surface area (TPSA) is 78.9 Å². The monoisotopic (exact) mass is 260 g/mol. The van der Waals surface area contributed by atoms with Crippen LogP contribution >= 0.6 is 0 Å². The van der Waals surface area contributed by atoms with Crippen molar-refractivity contribution in [1.82, 2.24) is 10.4 Å². The van der Waals surface area contributed by atoms with E-state index in [9.17, 15) is 9.59 Å². The van der Waals surface area contributed by atoms with Crippen LogP contribution in [-0.4, -0.2) is 42.4 Å². The minimum Gasteiger partial charge on any atom is -0.465 e. The van der Waals surface area contributed by atoms with Gasteiger partial charge in [0.1, 0.15) is 0 Å². The van der Waals surface area contributed by atoms with Crippen LogP contribution in [0.1, 0.15) is 40.0 Å². The zero-order valence-electron chi connectivity index (χ0n) is 11.8. The van der Waals surface area contributed by atoms with Crippen molar-refractivity contribution in [3.05, 3.63) is 0 Å². The highest BCUT2D eigenvalue weighted by molar-refractivity contribution is 5.74. The van der Waals surface area contributed by atoms with Crippen molar-refractivity contribution in [1.29, 1.82) is 0 Å². The fourth-order valence-corrected chi connectivity index (χ4v) is 1.59. The lowest BCUT2D eigenvalue weighted by Crippen LogP contribution is -2.43. The van der Waals surface area contributed by atoms with Crippen molar-refractivity contribution in [2.24, 2.45) is 5.41 Å². The Morgan fingerprint density at radius 3 is 2.33 bits per heavy atom. The summed E-state index contributed by atoms with van der Waals surface area (Å²) < 4.78 is 0. The molecule has 0 radical (unpaired) electrons. The Balaban J connectivity index is 4.20. The molecule has 6 nitrogen and oxygen atoms in total. The third-order valence-corrected chi connectivity index (χ3v) is 2.85. The number of hydrogen-bond donors (Lipinski definition) is 2. The van der Waals surface area contributed by atoms with Crippen LogP contribution in [0.4, 0.5) is 4.79 Å². The summed E-state index contributed by atoms with van der Waals surface area (Å²) in [5, 5.41) is 12.5. The summed E-state index contributed by atoms with van der Waals surface area (Å²) in [5.41, 5.74) is -0.172. The van der Waals surface area contributed by atoms with Gasteiger partial charge < -0.3 is 10.4 Å². The summed E-state index contributed by atoms with van der Waals surface area (Å²) in [6, 6.07) is -0.171. The maximum absolute atomic E-state index is 11.5. The van der Waals surface area contributed by atoms with Crippen molar-refractivity contribution in [2.45, 2.75) is 46.1 Å². The largest absolute Gasteiger partial charge is 0.465 e. The van der Waals surface area contributed by atoms with E-state index in [1.807, 2.05) is 20.8 Å². The predicted octanol–water partition coefficient (Wildman–Crippen LogP) is 1.86. The van der Waals surface area contributed by atoms with Crippen molar-refractivity contribution >= 4 is 12.0 Å². The standard InChI is InChI=1S/C12H24N2O4/c1-12(2,3)9(13-11(16)17)7-6-8-10(15)14(4)18-5/h9,13H,6-8H2,1-5H3,(H,16,17). The Morgan fingerprint density at radius 1 is 1.39 bits per heavy atom. The number of amides is 2. The van der Waals surface area contributed by atoms with E-state index in [4.69, 9.17) is 9.94 Å². The van der Waals surface area contributed by atoms with Gasteiger partial charge in [-0.05, 0) is 18.3 Å². The van der Waals surface area contributed by atoms with E-state index in [0.717, 1.165) is 0 Å². The third-order valence-electron chi connectivity index (χ3n) is 2.85. The Kier molecular flexibility index (Phi) is 6.68. The first kappa shape index (κ1) is 16.7. The quantitative estimate of drug-likeness (QED) is 0.714. The number of carbonyl (C=O) groups is 2. The SMILES string of the molecule is CON(C)C(=O)CCCC(NC(=O)O)C(C)(C)C. The number of nitrogens with one attached hydrogen (secondary N) is 1. The van der Waals surface area contributed by atoms with Crippen LogP contribution < -0.4 is 5.32 Å². The molecule has 2 N–H and O–H groups in total. The normalized spacial score (nSPS) is 12.9. The Labute approximate surface area is 108 Å². The van der Waals surface area contributed by atoms with Gasteiger partial charge >= 0.3 is 6.09 Å². The van der Waals surface area contributed by atoms with Gasteiger partial charge in [-0.3, -0.25) is 9.63 Å². The molecule has 0 heterocycles. The average molecular weight is 260 g/mol. The predicted molar refractivity (Wildman–Crippen MR) is 68.0 cm³/mol. The van der Waals surface area contributed by atoms with Gasteiger partial charge in [0.05, 0.1) is 7.11 Å². The molecule has 0 aliphatic carbocycles. The number of carboxylic acid groups (broad SMARTS) is 1. The van der Waals surface area contributed by atoms with Crippen LogP contribution in [0.3, 0.4) is 0 Å². The lowest BCUT2D eigenvalue weighted by atomic mass is 9.84. The second-order valence-corrected chi connectivity index (χ2v) is 5.33. The van der Waals surface area contributed by atoms with Crippen LogP contribution in [0.5, 0.6) is 0 Å². The van der Waals surface area contributed by atoms with E-state index >= 15 is 0 Å². The molecule has 1 atom stereocenters. The third kappa shape index (κ3) is 6.44. The molecule has 0 saturated carbocycles. The molecule has 0 spiro atoms. The summed E-state index contributed by atoms with van der Waals surface area (Å²) in [6.07, 6.45) is 0.557. The van der Waals surface area contributed by atoms with E-state index in [1.165, 1.54) is 12.2 Å². The Hall–Kier alpha value is -1.30. The zero-order chi connectivity index (χ0) is 14.3. The lowest BCUT2D eigenvalue weighted by Gasteiger charge is -2.30. The highest BCUT2D eigenvalue weighted by Crippen LogP contribution is 2.23. The molecule has 0 aliphatic rings. The minimum atomic E-state index is -1.03. The lowest BCUT2D eigenvalue weighted by molar-refractivity contribution is -0.168. The van der Waals surface area contributed by atoms with Gasteiger partial charge in [0.25, 0.3) is 0 Å². The van der Waals surface area contributed by atoms with Crippen LogP contribution in [-0.2, 0) is 9.63 Å². The van der Waals surface area contributed by atoms with Crippen molar-refractivity contribution < 1.29 is 19.5 Å². The Bertz CT molecular complexity index is 286. The van der Waals surface area contributed by atoms with E-state index in [-0.39, 0.29) is 17.4 Å². The first-order valence-corrected chi connectivity index (χ1v) is 5.98. The first-order chi connectivity index (χ1) is 8.18. The first-order valence-electron chi connectivity index (χ1n) is 5.98. The van der Waals surface area contributed by atoms with Gasteiger partial charge in [0.2, 0.25) is 5.91 Å². The second-order valence-electron chi connectivity index (χ2n) is 5.33. The fourth-order valence-electron chi connectivity index (χ4n) is 1.59. The number of hydroxylamine groups is 2. The number of hydrogen-bond acceptors (Lipinski definition) is 3. The molecule has 6 heteroatoms. The van der Waals surface area contributed by atoms with Crippen LogP contribution in [0.2, 0.25) is 0 Å². The zero-order valence-corrected chi connectivity index (χ0v) is 11.8. The van der Waals surface area contributed by atoms with Crippen LogP contribution in [0.25, 0.3) is 0 Å². The molecule has 0 aromatic rings. The van der Waals surface area contributed by atoms with Gasteiger partial charge in [-0.2, -0.15) is 0 Å². The number of rotatable bonds is 6. The molecule has 1 unspecified atom stereocenters. The average Bonchev–Trinajstić information content (AvgIpc) is 2.24. The fraction of sp³-hybridized carbons (Fsp3) is 0.833. The highest BCUT2D eigenvalue weighted by Gasteiger charge is 2.26. The molecule has 0 aromatic heterocycles. The number of carbonyl (C=O) groups excluding carboxylic acids is 1. The van der Waals surface area contributed by atoms with Crippen LogP contribution in [0.15, 0.2) is 0 Å². The molecule has 0 saturated heterocycles. The molecule has 2 amide bonds. The summed E-state index contributed by atoms with van der Waals surface area (Å²) in [7, 11) is 2.99. The molecular weight excluding hydrogens is 236 g/mol. The summed E-state index contributed by atoms with van der Waals surface area (Å²) in [6.45, 7) is 5.91. The van der Waals surface area contributed by atoms with Gasteiger partial charge in [-0.25, -0.2) is 9.86 Å². The summed E-state index contributed by atoms with van der Waals surface area (Å²) in [4.78, 5) is 27.0. The maximum atomic E-state index is 11.5.